The second-order valence-corrected chi connectivity index (χ2v) is 7.09. The van der Waals surface area contributed by atoms with Gasteiger partial charge >= 0.3 is 0 Å². The number of carbonyl (C=O) groups excluding carboxylic acids is 3. The number of ether oxygens (including phenoxy) is 1. The molecule has 1 aliphatic rings. The molecule has 0 saturated carbocycles. The molecule has 1 saturated heterocycles. The second-order valence-electron chi connectivity index (χ2n) is 6.14. The predicted octanol–water partition coefficient (Wildman–Crippen LogP) is 2.07. The predicted molar refractivity (Wildman–Crippen MR) is 103 cm³/mol. The first kappa shape index (κ1) is 18.9. The van der Waals surface area contributed by atoms with Gasteiger partial charge in [-0.1, -0.05) is 6.07 Å². The molecule has 7 nitrogen and oxygen atoms in total. The number of nitrogens with one attached hydrogen (secondary N) is 1. The van der Waals surface area contributed by atoms with E-state index >= 15 is 0 Å². The lowest BCUT2D eigenvalue weighted by Crippen LogP contribution is -2.51. The van der Waals surface area contributed by atoms with Gasteiger partial charge in [-0.05, 0) is 35.7 Å². The average molecular weight is 387 g/mol. The monoisotopic (exact) mass is 387 g/mol. The smallest absolute Gasteiger partial charge is 0.264 e. The Morgan fingerprint density at radius 3 is 2.30 bits per heavy atom. The molecule has 0 atom stereocenters. The van der Waals surface area contributed by atoms with Gasteiger partial charge in [0.25, 0.3) is 11.8 Å². The van der Waals surface area contributed by atoms with E-state index in [9.17, 15) is 14.4 Å². The van der Waals surface area contributed by atoms with Gasteiger partial charge in [-0.2, -0.15) is 0 Å². The first-order valence-corrected chi connectivity index (χ1v) is 9.52. The highest BCUT2D eigenvalue weighted by Gasteiger charge is 2.25. The zero-order chi connectivity index (χ0) is 19.2. The number of nitrogens with zero attached hydrogens (tertiary/aromatic N) is 2. The zero-order valence-electron chi connectivity index (χ0n) is 15.0. The highest BCUT2D eigenvalue weighted by Crippen LogP contribution is 2.16. The van der Waals surface area contributed by atoms with Crippen molar-refractivity contribution in [1.82, 2.24) is 9.80 Å². The molecule has 27 heavy (non-hydrogen) atoms. The number of benzene rings is 1. The number of rotatable bonds is 5. The number of anilines is 1. The van der Waals surface area contributed by atoms with Crippen LogP contribution in [-0.4, -0.2) is 60.3 Å². The summed E-state index contributed by atoms with van der Waals surface area (Å²) in [7, 11) is 0. The maximum atomic E-state index is 12.3. The number of amides is 3. The van der Waals surface area contributed by atoms with Crippen LogP contribution in [0.5, 0.6) is 5.75 Å². The van der Waals surface area contributed by atoms with Gasteiger partial charge in [0, 0.05) is 38.8 Å². The Morgan fingerprint density at radius 2 is 1.70 bits per heavy atom. The minimum Gasteiger partial charge on any atom is -0.484 e. The van der Waals surface area contributed by atoms with E-state index in [4.69, 9.17) is 4.74 Å². The minimum atomic E-state index is -0.143. The summed E-state index contributed by atoms with van der Waals surface area (Å²) in [6.45, 7) is 3.43. The Kier molecular flexibility index (Phi) is 6.08. The van der Waals surface area contributed by atoms with E-state index in [0.717, 1.165) is 4.88 Å². The molecule has 3 rings (SSSR count). The van der Waals surface area contributed by atoms with Crippen molar-refractivity contribution in [2.45, 2.75) is 6.92 Å². The van der Waals surface area contributed by atoms with Crippen LogP contribution >= 0.6 is 11.3 Å². The van der Waals surface area contributed by atoms with Gasteiger partial charge in [0.15, 0.2) is 6.61 Å². The van der Waals surface area contributed by atoms with Crippen LogP contribution in [0, 0.1) is 0 Å². The summed E-state index contributed by atoms with van der Waals surface area (Å²) in [5, 5.41) is 4.55. The Balaban J connectivity index is 1.44. The summed E-state index contributed by atoms with van der Waals surface area (Å²) in [5.41, 5.74) is 0.674. The molecule has 8 heteroatoms. The first-order chi connectivity index (χ1) is 13.0. The molecule has 1 N–H and O–H groups in total. The molecule has 1 aromatic heterocycles. The molecule has 2 aromatic rings. The van der Waals surface area contributed by atoms with Crippen LogP contribution in [0.4, 0.5) is 5.69 Å². The fourth-order valence-electron chi connectivity index (χ4n) is 2.79. The molecule has 0 radical (unpaired) electrons. The third-order valence-electron chi connectivity index (χ3n) is 4.19. The van der Waals surface area contributed by atoms with E-state index in [1.807, 2.05) is 17.5 Å². The van der Waals surface area contributed by atoms with Crippen LogP contribution in [-0.2, 0) is 9.59 Å². The average Bonchev–Trinajstić information content (AvgIpc) is 3.21. The summed E-state index contributed by atoms with van der Waals surface area (Å²) >= 11 is 1.43. The van der Waals surface area contributed by atoms with Crippen LogP contribution in [0.15, 0.2) is 41.8 Å². The molecule has 0 spiro atoms. The van der Waals surface area contributed by atoms with Gasteiger partial charge < -0.3 is 19.9 Å². The third-order valence-corrected chi connectivity index (χ3v) is 5.05. The molecule has 0 unspecified atom stereocenters. The standard InChI is InChI=1S/C19H21N3O4S/c1-14(23)20-15-4-6-16(7-5-15)26-13-18(24)21-8-10-22(11-9-21)19(25)17-3-2-12-27-17/h2-7,12H,8-11,13H2,1H3,(H,20,23). The van der Waals surface area contributed by atoms with Crippen molar-refractivity contribution < 1.29 is 19.1 Å². The number of hydrogen-bond acceptors (Lipinski definition) is 5. The van der Waals surface area contributed by atoms with Crippen LogP contribution in [0.25, 0.3) is 0 Å². The largest absolute Gasteiger partial charge is 0.484 e. The molecule has 0 bridgehead atoms. The van der Waals surface area contributed by atoms with Crippen LogP contribution in [0.2, 0.25) is 0 Å². The maximum Gasteiger partial charge on any atom is 0.264 e. The van der Waals surface area contributed by atoms with E-state index < -0.39 is 0 Å². The van der Waals surface area contributed by atoms with Crippen LogP contribution in [0.1, 0.15) is 16.6 Å². The molecular formula is C19H21N3O4S. The van der Waals surface area contributed by atoms with E-state index in [2.05, 4.69) is 5.32 Å². The van der Waals surface area contributed by atoms with Crippen molar-refractivity contribution in [1.29, 1.82) is 0 Å². The summed E-state index contributed by atoms with van der Waals surface area (Å²) in [4.78, 5) is 39.9. The molecule has 142 valence electrons. The topological polar surface area (TPSA) is 79.0 Å². The fourth-order valence-corrected chi connectivity index (χ4v) is 3.48. The van der Waals surface area contributed by atoms with E-state index in [1.165, 1.54) is 18.3 Å². The van der Waals surface area contributed by atoms with Crippen molar-refractivity contribution in [3.63, 3.8) is 0 Å². The Hall–Kier alpha value is -2.87. The zero-order valence-corrected chi connectivity index (χ0v) is 15.8. The lowest BCUT2D eigenvalue weighted by atomic mass is 10.3. The minimum absolute atomic E-state index is 0.0209. The SMILES string of the molecule is CC(=O)Nc1ccc(OCC(=O)N2CCN(C(=O)c3cccs3)CC2)cc1. The van der Waals surface area contributed by atoms with Crippen LogP contribution < -0.4 is 10.1 Å². The second kappa shape index (κ2) is 8.68. The molecular weight excluding hydrogens is 366 g/mol. The van der Waals surface area contributed by atoms with Gasteiger partial charge in [-0.25, -0.2) is 0 Å². The van der Waals surface area contributed by atoms with Gasteiger partial charge in [0.2, 0.25) is 5.91 Å². The van der Waals surface area contributed by atoms with Crippen molar-refractivity contribution >= 4 is 34.7 Å². The highest BCUT2D eigenvalue weighted by molar-refractivity contribution is 7.12. The quantitative estimate of drug-likeness (QED) is 0.852. The van der Waals surface area contributed by atoms with Crippen molar-refractivity contribution in [2.75, 3.05) is 38.1 Å². The summed E-state index contributed by atoms with van der Waals surface area (Å²) in [6.07, 6.45) is 0. The summed E-state index contributed by atoms with van der Waals surface area (Å²) in [5.74, 6) is 0.330. The number of carbonyl (C=O) groups is 3. The number of hydrogen-bond donors (Lipinski definition) is 1. The molecule has 3 amide bonds. The van der Waals surface area contributed by atoms with Gasteiger partial charge in [0.05, 0.1) is 4.88 Å². The Bertz CT molecular complexity index is 797. The molecule has 1 aliphatic heterocycles. The molecule has 2 heterocycles. The highest BCUT2D eigenvalue weighted by atomic mass is 32.1. The lowest BCUT2D eigenvalue weighted by molar-refractivity contribution is -0.134. The maximum absolute atomic E-state index is 12.3. The molecule has 0 aliphatic carbocycles. The molecule has 1 fully saturated rings. The number of thiophene rings is 1. The van der Waals surface area contributed by atoms with Crippen molar-refractivity contribution in [3.8, 4) is 5.75 Å². The summed E-state index contributed by atoms with van der Waals surface area (Å²) in [6, 6.07) is 10.5. The first-order valence-electron chi connectivity index (χ1n) is 8.64. The molecule has 1 aromatic carbocycles. The summed E-state index contributed by atoms with van der Waals surface area (Å²) < 4.78 is 5.53. The van der Waals surface area contributed by atoms with Crippen molar-refractivity contribution in [3.05, 3.63) is 46.7 Å². The van der Waals surface area contributed by atoms with E-state index in [1.54, 1.807) is 34.1 Å². The van der Waals surface area contributed by atoms with Gasteiger partial charge in [-0.15, -0.1) is 11.3 Å². The van der Waals surface area contributed by atoms with E-state index in [-0.39, 0.29) is 24.3 Å². The number of piperazine rings is 1. The van der Waals surface area contributed by atoms with Gasteiger partial charge in [0.1, 0.15) is 5.75 Å². The van der Waals surface area contributed by atoms with Gasteiger partial charge in [-0.3, -0.25) is 14.4 Å². The normalized spacial score (nSPS) is 14.0. The fraction of sp³-hybridized carbons (Fsp3) is 0.316. The van der Waals surface area contributed by atoms with Crippen molar-refractivity contribution in [2.24, 2.45) is 0 Å². The van der Waals surface area contributed by atoms with E-state index in [0.29, 0.717) is 37.6 Å². The Morgan fingerprint density at radius 1 is 1.04 bits per heavy atom. The lowest BCUT2D eigenvalue weighted by Gasteiger charge is -2.34. The Labute approximate surface area is 161 Å². The van der Waals surface area contributed by atoms with Crippen LogP contribution in [0.3, 0.4) is 0 Å². The third kappa shape index (κ3) is 5.07.